The number of ether oxygens (including phenoxy) is 1. The van der Waals surface area contributed by atoms with Gasteiger partial charge in [-0.15, -0.1) is 5.10 Å². The zero-order chi connectivity index (χ0) is 17.2. The molecule has 1 amide bonds. The van der Waals surface area contributed by atoms with Gasteiger partial charge in [0.25, 0.3) is 5.91 Å². The number of hydrogen-bond acceptors (Lipinski definition) is 5. The summed E-state index contributed by atoms with van der Waals surface area (Å²) < 4.78 is 13.1. The lowest BCUT2D eigenvalue weighted by Crippen LogP contribution is -2.27. The molecule has 0 saturated heterocycles. The fourth-order valence-corrected chi connectivity index (χ4v) is 2.89. The van der Waals surface area contributed by atoms with E-state index in [9.17, 15) is 4.79 Å². The van der Waals surface area contributed by atoms with Gasteiger partial charge in [0.05, 0.1) is 25.4 Å². The number of amides is 1. The lowest BCUT2D eigenvalue weighted by atomic mass is 10.1. The summed E-state index contributed by atoms with van der Waals surface area (Å²) in [6, 6.07) is 13.7. The van der Waals surface area contributed by atoms with Crippen LogP contribution in [-0.4, -0.2) is 20.9 Å². The molecule has 3 aromatic rings. The van der Waals surface area contributed by atoms with Crippen LogP contribution < -0.4 is 5.32 Å². The third kappa shape index (κ3) is 3.18. The van der Waals surface area contributed by atoms with Crippen molar-refractivity contribution >= 4 is 5.91 Å². The second kappa shape index (κ2) is 6.52. The van der Waals surface area contributed by atoms with Crippen LogP contribution in [0.3, 0.4) is 0 Å². The van der Waals surface area contributed by atoms with E-state index in [4.69, 9.17) is 9.15 Å². The zero-order valence-corrected chi connectivity index (χ0v) is 13.8. The van der Waals surface area contributed by atoms with Crippen molar-refractivity contribution in [1.82, 2.24) is 20.3 Å². The van der Waals surface area contributed by atoms with Crippen molar-refractivity contribution in [2.45, 2.75) is 32.7 Å². The van der Waals surface area contributed by atoms with Crippen LogP contribution in [0.4, 0.5) is 0 Å². The summed E-state index contributed by atoms with van der Waals surface area (Å²) in [5.74, 6) is 1.23. The van der Waals surface area contributed by atoms with E-state index in [0.29, 0.717) is 36.8 Å². The third-order valence-corrected chi connectivity index (χ3v) is 4.20. The number of carbonyl (C=O) groups is 1. The van der Waals surface area contributed by atoms with Crippen molar-refractivity contribution in [3.05, 3.63) is 70.9 Å². The summed E-state index contributed by atoms with van der Waals surface area (Å²) >= 11 is 0. The Morgan fingerprint density at radius 2 is 2.12 bits per heavy atom. The molecule has 3 heterocycles. The van der Waals surface area contributed by atoms with Gasteiger partial charge in [-0.3, -0.25) is 4.79 Å². The van der Waals surface area contributed by atoms with Crippen LogP contribution in [0.5, 0.6) is 0 Å². The van der Waals surface area contributed by atoms with E-state index in [1.165, 1.54) is 0 Å². The van der Waals surface area contributed by atoms with Crippen molar-refractivity contribution in [2.24, 2.45) is 0 Å². The van der Waals surface area contributed by atoms with Gasteiger partial charge in [0.2, 0.25) is 0 Å². The molecule has 0 unspecified atom stereocenters. The number of nitrogens with zero attached hydrogens (tertiary/aromatic N) is 3. The number of furan rings is 1. The Bertz CT molecular complexity index is 885. The van der Waals surface area contributed by atoms with E-state index in [1.54, 1.807) is 4.68 Å². The molecule has 0 aliphatic carbocycles. The molecule has 1 aliphatic heterocycles. The van der Waals surface area contributed by atoms with Crippen LogP contribution in [0, 0.1) is 6.92 Å². The Morgan fingerprint density at radius 3 is 2.88 bits per heavy atom. The van der Waals surface area contributed by atoms with Crippen LogP contribution in [0.1, 0.15) is 39.4 Å². The zero-order valence-electron chi connectivity index (χ0n) is 13.8. The predicted molar refractivity (Wildman–Crippen MR) is 88.6 cm³/mol. The summed E-state index contributed by atoms with van der Waals surface area (Å²) in [5.41, 5.74) is 2.08. The van der Waals surface area contributed by atoms with Gasteiger partial charge >= 0.3 is 0 Å². The molecule has 0 spiro atoms. The number of fused-ring (bicyclic) bond motifs is 1. The van der Waals surface area contributed by atoms with Crippen molar-refractivity contribution in [1.29, 1.82) is 0 Å². The van der Waals surface area contributed by atoms with Crippen LogP contribution in [0.25, 0.3) is 0 Å². The van der Waals surface area contributed by atoms with Gasteiger partial charge in [-0.25, -0.2) is 4.68 Å². The molecule has 1 aromatic carbocycles. The van der Waals surface area contributed by atoms with E-state index in [1.807, 2.05) is 49.4 Å². The van der Waals surface area contributed by atoms with Crippen molar-refractivity contribution in [3.8, 4) is 0 Å². The number of aryl methyl sites for hydroxylation is 1. The van der Waals surface area contributed by atoms with Gasteiger partial charge in [-0.1, -0.05) is 35.5 Å². The minimum Gasteiger partial charge on any atom is -0.465 e. The molecule has 0 saturated carbocycles. The molecule has 1 N–H and O–H groups in total. The minimum absolute atomic E-state index is 0.0857. The van der Waals surface area contributed by atoms with Crippen molar-refractivity contribution in [3.63, 3.8) is 0 Å². The standard InChI is InChI=1S/C18H18N4O3/c1-12-7-8-14(25-12)9-19-18(23)17-15-11-24-16(10-22(15)21-20-17)13-5-3-2-4-6-13/h2-8,16H,9-11H2,1H3,(H,19,23)/t16-/m0/s1. The highest BCUT2D eigenvalue weighted by atomic mass is 16.5. The molecular weight excluding hydrogens is 320 g/mol. The van der Waals surface area contributed by atoms with Crippen molar-refractivity contribution in [2.75, 3.05) is 0 Å². The molecule has 2 aromatic heterocycles. The molecule has 1 aliphatic rings. The molecule has 128 valence electrons. The second-order valence-corrected chi connectivity index (χ2v) is 5.97. The summed E-state index contributed by atoms with van der Waals surface area (Å²) in [6.07, 6.45) is -0.0857. The average Bonchev–Trinajstić information content (AvgIpc) is 3.26. The first kappa shape index (κ1) is 15.6. The van der Waals surface area contributed by atoms with Crippen LogP contribution in [0.15, 0.2) is 46.9 Å². The number of carbonyl (C=O) groups excluding carboxylic acids is 1. The maximum atomic E-state index is 12.4. The van der Waals surface area contributed by atoms with Crippen molar-refractivity contribution < 1.29 is 13.9 Å². The maximum absolute atomic E-state index is 12.4. The summed E-state index contributed by atoms with van der Waals surface area (Å²) in [7, 11) is 0. The Balaban J connectivity index is 1.45. The maximum Gasteiger partial charge on any atom is 0.274 e. The highest BCUT2D eigenvalue weighted by Crippen LogP contribution is 2.26. The van der Waals surface area contributed by atoms with Gasteiger partial charge in [0.1, 0.15) is 17.6 Å². The Morgan fingerprint density at radius 1 is 1.28 bits per heavy atom. The first-order chi connectivity index (χ1) is 12.2. The SMILES string of the molecule is Cc1ccc(CNC(=O)c2nnn3c2CO[C@H](c2ccccc2)C3)o1. The van der Waals surface area contributed by atoms with Gasteiger partial charge in [0.15, 0.2) is 5.69 Å². The first-order valence-corrected chi connectivity index (χ1v) is 8.13. The molecule has 0 fully saturated rings. The Kier molecular flexibility index (Phi) is 4.07. The van der Waals surface area contributed by atoms with Crippen LogP contribution >= 0.6 is 0 Å². The van der Waals surface area contributed by atoms with Gasteiger partial charge in [-0.2, -0.15) is 0 Å². The molecule has 1 atom stereocenters. The van der Waals surface area contributed by atoms with E-state index in [-0.39, 0.29) is 12.0 Å². The fourth-order valence-electron chi connectivity index (χ4n) is 2.89. The number of hydrogen-bond donors (Lipinski definition) is 1. The monoisotopic (exact) mass is 338 g/mol. The van der Waals surface area contributed by atoms with Gasteiger partial charge in [0, 0.05) is 0 Å². The van der Waals surface area contributed by atoms with E-state index < -0.39 is 0 Å². The summed E-state index contributed by atoms with van der Waals surface area (Å²) in [6.45, 7) is 3.01. The summed E-state index contributed by atoms with van der Waals surface area (Å²) in [4.78, 5) is 12.4. The lowest BCUT2D eigenvalue weighted by Gasteiger charge is -2.24. The highest BCUT2D eigenvalue weighted by Gasteiger charge is 2.27. The number of aromatic nitrogens is 3. The highest BCUT2D eigenvalue weighted by molar-refractivity contribution is 5.93. The molecular formula is C18H18N4O3. The Labute approximate surface area is 144 Å². The van der Waals surface area contributed by atoms with E-state index in [2.05, 4.69) is 15.6 Å². The minimum atomic E-state index is -0.280. The average molecular weight is 338 g/mol. The van der Waals surface area contributed by atoms with E-state index in [0.717, 1.165) is 11.3 Å². The number of benzene rings is 1. The Hall–Kier alpha value is -2.93. The summed E-state index contributed by atoms with van der Waals surface area (Å²) in [5, 5.41) is 11.0. The van der Waals surface area contributed by atoms with Gasteiger partial charge < -0.3 is 14.5 Å². The largest absolute Gasteiger partial charge is 0.465 e. The normalized spacial score (nSPS) is 16.4. The van der Waals surface area contributed by atoms with E-state index >= 15 is 0 Å². The topological polar surface area (TPSA) is 82.2 Å². The fraction of sp³-hybridized carbons (Fsp3) is 0.278. The third-order valence-electron chi connectivity index (χ3n) is 4.20. The van der Waals surface area contributed by atoms with Gasteiger partial charge in [-0.05, 0) is 24.6 Å². The van der Waals surface area contributed by atoms with Crippen LogP contribution in [0.2, 0.25) is 0 Å². The molecule has 7 nitrogen and oxygen atoms in total. The number of rotatable bonds is 4. The second-order valence-electron chi connectivity index (χ2n) is 5.97. The lowest BCUT2D eigenvalue weighted by molar-refractivity contribution is -0.00177. The van der Waals surface area contributed by atoms with Crippen LogP contribution in [-0.2, 0) is 24.4 Å². The molecule has 0 bridgehead atoms. The molecule has 7 heteroatoms. The molecule has 4 rings (SSSR count). The molecule has 25 heavy (non-hydrogen) atoms. The quantitative estimate of drug-likeness (QED) is 0.790. The molecule has 0 radical (unpaired) electrons. The predicted octanol–water partition coefficient (Wildman–Crippen LogP) is 2.38. The first-order valence-electron chi connectivity index (χ1n) is 8.13. The number of nitrogens with one attached hydrogen (secondary N) is 1. The smallest absolute Gasteiger partial charge is 0.274 e.